The standard InChI is InChI=1S/C23H30N8O2/c1-3-5-19-27-23(33-28-19)29-11-8-18(9-12-29)31(17-6-7-17)21(32)16-14-25-22(26-15-16)30-13-10-24-20(30)4-2/h10,13-15,17-18H,3-9,11-12H2,1-2H3. The summed E-state index contributed by atoms with van der Waals surface area (Å²) in [6, 6.07) is 1.10. The first kappa shape index (κ1) is 21.5. The lowest BCUT2D eigenvalue weighted by Crippen LogP contribution is -2.48. The number of amides is 1. The number of carbonyl (C=O) groups excluding carboxylic acids is 1. The third-order valence-corrected chi connectivity index (χ3v) is 6.37. The Morgan fingerprint density at radius 3 is 2.48 bits per heavy atom. The number of nitrogens with zero attached hydrogens (tertiary/aromatic N) is 8. The van der Waals surface area contributed by atoms with Gasteiger partial charge >= 0.3 is 6.01 Å². The Bertz CT molecular complexity index is 1080. The summed E-state index contributed by atoms with van der Waals surface area (Å²) in [5.41, 5.74) is 0.535. The average Bonchev–Trinajstić information content (AvgIpc) is 3.37. The van der Waals surface area contributed by atoms with Crippen LogP contribution in [0.2, 0.25) is 0 Å². The van der Waals surface area contributed by atoms with E-state index in [1.807, 2.05) is 17.7 Å². The zero-order valence-electron chi connectivity index (χ0n) is 19.2. The largest absolute Gasteiger partial charge is 0.332 e. The van der Waals surface area contributed by atoms with Crippen LogP contribution >= 0.6 is 0 Å². The molecule has 1 aliphatic heterocycles. The van der Waals surface area contributed by atoms with Gasteiger partial charge in [-0.2, -0.15) is 4.98 Å². The van der Waals surface area contributed by atoms with Gasteiger partial charge in [0.2, 0.25) is 5.95 Å². The highest BCUT2D eigenvalue weighted by atomic mass is 16.5. The van der Waals surface area contributed by atoms with E-state index < -0.39 is 0 Å². The maximum Gasteiger partial charge on any atom is 0.324 e. The lowest BCUT2D eigenvalue weighted by molar-refractivity contribution is 0.0628. The molecular weight excluding hydrogens is 420 g/mol. The molecule has 0 unspecified atom stereocenters. The molecule has 10 heteroatoms. The van der Waals surface area contributed by atoms with Crippen molar-refractivity contribution in [2.75, 3.05) is 18.0 Å². The predicted molar refractivity (Wildman–Crippen MR) is 121 cm³/mol. The molecule has 1 saturated carbocycles. The van der Waals surface area contributed by atoms with Crippen molar-refractivity contribution in [1.82, 2.24) is 34.6 Å². The van der Waals surface area contributed by atoms with Crippen molar-refractivity contribution in [2.45, 2.75) is 70.9 Å². The minimum Gasteiger partial charge on any atom is -0.332 e. The van der Waals surface area contributed by atoms with Crippen molar-refractivity contribution in [3.05, 3.63) is 42.0 Å². The summed E-state index contributed by atoms with van der Waals surface area (Å²) in [6.07, 6.45) is 13.3. The number of hydrogen-bond donors (Lipinski definition) is 0. The summed E-state index contributed by atoms with van der Waals surface area (Å²) >= 11 is 0. The number of anilines is 1. The van der Waals surface area contributed by atoms with Gasteiger partial charge < -0.3 is 14.3 Å². The molecule has 1 amide bonds. The lowest BCUT2D eigenvalue weighted by atomic mass is 10.0. The number of hydrogen-bond acceptors (Lipinski definition) is 8. The van der Waals surface area contributed by atoms with E-state index in [4.69, 9.17) is 4.52 Å². The summed E-state index contributed by atoms with van der Waals surface area (Å²) in [4.78, 5) is 35.4. The Hall–Kier alpha value is -3.30. The highest BCUT2D eigenvalue weighted by molar-refractivity contribution is 5.94. The Morgan fingerprint density at radius 2 is 1.82 bits per heavy atom. The third kappa shape index (κ3) is 4.46. The van der Waals surface area contributed by atoms with Gasteiger partial charge in [-0.25, -0.2) is 15.0 Å². The molecule has 174 valence electrons. The fourth-order valence-electron chi connectivity index (χ4n) is 4.50. The summed E-state index contributed by atoms with van der Waals surface area (Å²) in [7, 11) is 0. The van der Waals surface area contributed by atoms with Crippen molar-refractivity contribution < 1.29 is 9.32 Å². The monoisotopic (exact) mass is 450 g/mol. The van der Waals surface area contributed by atoms with Gasteiger partial charge in [0.1, 0.15) is 5.82 Å². The van der Waals surface area contributed by atoms with E-state index >= 15 is 0 Å². The first-order valence-electron chi connectivity index (χ1n) is 11.9. The van der Waals surface area contributed by atoms with Gasteiger partial charge in [0.15, 0.2) is 5.82 Å². The van der Waals surface area contributed by atoms with E-state index in [1.54, 1.807) is 18.6 Å². The van der Waals surface area contributed by atoms with Gasteiger partial charge in [0.05, 0.1) is 5.56 Å². The molecule has 2 aliphatic rings. The average molecular weight is 451 g/mol. The fourth-order valence-corrected chi connectivity index (χ4v) is 4.50. The van der Waals surface area contributed by atoms with Gasteiger partial charge in [0, 0.05) is 62.8 Å². The molecule has 0 radical (unpaired) electrons. The van der Waals surface area contributed by atoms with Gasteiger partial charge in [-0.3, -0.25) is 9.36 Å². The molecule has 3 aromatic heterocycles. The topological polar surface area (TPSA) is 106 Å². The van der Waals surface area contributed by atoms with Crippen LogP contribution in [0.3, 0.4) is 0 Å². The van der Waals surface area contributed by atoms with Gasteiger partial charge in [0.25, 0.3) is 5.91 Å². The molecule has 33 heavy (non-hydrogen) atoms. The maximum absolute atomic E-state index is 13.4. The minimum atomic E-state index is 0.0202. The number of rotatable bonds is 8. The Kier molecular flexibility index (Phi) is 6.06. The van der Waals surface area contributed by atoms with Crippen LogP contribution in [-0.4, -0.2) is 65.6 Å². The van der Waals surface area contributed by atoms with Gasteiger partial charge in [-0.05, 0) is 32.1 Å². The quantitative estimate of drug-likeness (QED) is 0.516. The number of aryl methyl sites for hydroxylation is 2. The van der Waals surface area contributed by atoms with Crippen LogP contribution in [0.15, 0.2) is 29.3 Å². The fraction of sp³-hybridized carbons (Fsp3) is 0.565. The first-order chi connectivity index (χ1) is 16.2. The zero-order chi connectivity index (χ0) is 22.8. The Morgan fingerprint density at radius 1 is 1.09 bits per heavy atom. The second-order valence-electron chi connectivity index (χ2n) is 8.74. The molecule has 0 spiro atoms. The molecule has 4 heterocycles. The van der Waals surface area contributed by atoms with E-state index in [0.717, 1.165) is 69.7 Å². The summed E-state index contributed by atoms with van der Waals surface area (Å²) in [6.45, 7) is 5.73. The molecule has 5 rings (SSSR count). The molecule has 0 aromatic carbocycles. The van der Waals surface area contributed by atoms with Crippen molar-refractivity contribution in [1.29, 1.82) is 0 Å². The first-order valence-corrected chi connectivity index (χ1v) is 11.9. The predicted octanol–water partition coefficient (Wildman–Crippen LogP) is 2.83. The lowest BCUT2D eigenvalue weighted by Gasteiger charge is -2.38. The summed E-state index contributed by atoms with van der Waals surface area (Å²) in [5.74, 6) is 2.21. The van der Waals surface area contributed by atoms with Crippen molar-refractivity contribution in [2.24, 2.45) is 0 Å². The van der Waals surface area contributed by atoms with E-state index in [2.05, 4.69) is 41.8 Å². The molecule has 0 bridgehead atoms. The highest BCUT2D eigenvalue weighted by Crippen LogP contribution is 2.33. The zero-order valence-corrected chi connectivity index (χ0v) is 19.2. The summed E-state index contributed by atoms with van der Waals surface area (Å²) in [5, 5.41) is 4.07. The second kappa shape index (κ2) is 9.29. The normalized spacial score (nSPS) is 16.8. The van der Waals surface area contributed by atoms with E-state index in [0.29, 0.717) is 23.6 Å². The molecular formula is C23H30N8O2. The number of piperidine rings is 1. The summed E-state index contributed by atoms with van der Waals surface area (Å²) < 4.78 is 7.30. The molecule has 3 aromatic rings. The Labute approximate surface area is 193 Å². The van der Waals surface area contributed by atoms with Crippen LogP contribution in [0.1, 0.15) is 68.0 Å². The van der Waals surface area contributed by atoms with Gasteiger partial charge in [-0.15, -0.1) is 0 Å². The van der Waals surface area contributed by atoms with Crippen molar-refractivity contribution in [3.63, 3.8) is 0 Å². The SMILES string of the molecule is CCCc1noc(N2CCC(N(C(=O)c3cnc(-n4ccnc4CC)nc3)C3CC3)CC2)n1. The van der Waals surface area contributed by atoms with Crippen LogP contribution in [0.5, 0.6) is 0 Å². The second-order valence-corrected chi connectivity index (χ2v) is 8.74. The molecule has 0 N–H and O–H groups in total. The van der Waals surface area contributed by atoms with E-state index in [1.165, 1.54) is 0 Å². The molecule has 1 saturated heterocycles. The van der Waals surface area contributed by atoms with Gasteiger partial charge in [-0.1, -0.05) is 19.0 Å². The smallest absolute Gasteiger partial charge is 0.324 e. The van der Waals surface area contributed by atoms with Crippen LogP contribution in [-0.2, 0) is 12.8 Å². The molecule has 2 fully saturated rings. The van der Waals surface area contributed by atoms with Crippen LogP contribution in [0, 0.1) is 0 Å². The maximum atomic E-state index is 13.4. The Balaban J connectivity index is 1.26. The number of carbonyl (C=O) groups is 1. The third-order valence-electron chi connectivity index (χ3n) is 6.37. The van der Waals surface area contributed by atoms with Crippen LogP contribution in [0.4, 0.5) is 6.01 Å². The number of imidazole rings is 1. The number of aromatic nitrogens is 6. The molecule has 1 aliphatic carbocycles. The highest BCUT2D eigenvalue weighted by Gasteiger charge is 2.39. The van der Waals surface area contributed by atoms with Crippen LogP contribution in [0.25, 0.3) is 5.95 Å². The van der Waals surface area contributed by atoms with Crippen LogP contribution < -0.4 is 4.90 Å². The van der Waals surface area contributed by atoms with E-state index in [-0.39, 0.29) is 11.9 Å². The minimum absolute atomic E-state index is 0.0202. The van der Waals surface area contributed by atoms with Crippen molar-refractivity contribution in [3.8, 4) is 5.95 Å². The molecule has 0 atom stereocenters. The van der Waals surface area contributed by atoms with E-state index in [9.17, 15) is 4.79 Å². The molecule has 10 nitrogen and oxygen atoms in total. The van der Waals surface area contributed by atoms with Crippen molar-refractivity contribution >= 4 is 11.9 Å².